The first-order chi connectivity index (χ1) is 24.1. The maximum Gasteiger partial charge on any atom is 0.418 e. The van der Waals surface area contributed by atoms with Gasteiger partial charge in [0.1, 0.15) is 18.6 Å². The van der Waals surface area contributed by atoms with E-state index < -0.39 is 100.0 Å². The van der Waals surface area contributed by atoms with Gasteiger partial charge in [0, 0.05) is 35.6 Å². The van der Waals surface area contributed by atoms with E-state index in [1.165, 1.54) is 23.9 Å². The van der Waals surface area contributed by atoms with Crippen LogP contribution in [0.25, 0.3) is 0 Å². The smallest absolute Gasteiger partial charge is 0.418 e. The number of benzene rings is 2. The molecule has 3 heterocycles. The number of halogens is 6. The molecule has 5 atom stereocenters. The Bertz CT molecular complexity index is 1680. The zero-order chi connectivity index (χ0) is 37.3. The molecule has 2 aromatic carbocycles. The van der Waals surface area contributed by atoms with Crippen LogP contribution in [-0.2, 0) is 25.2 Å². The van der Waals surface area contributed by atoms with Gasteiger partial charge in [-0.15, -0.1) is 0 Å². The number of carboxylic acids is 2. The molecule has 0 spiro atoms. The minimum Gasteiger partial charge on any atom is -0.481 e. The lowest BCUT2D eigenvalue weighted by Crippen LogP contribution is -2.75. The molecule has 1 amide bonds. The topological polar surface area (TPSA) is 151 Å². The molecule has 3 aliphatic heterocycles. The van der Waals surface area contributed by atoms with Crippen LogP contribution in [0.4, 0.5) is 22.0 Å². The second-order valence-corrected chi connectivity index (χ2v) is 15.2. The number of esters is 1. The molecule has 0 aromatic heterocycles. The summed E-state index contributed by atoms with van der Waals surface area (Å²) < 4.78 is 85.6. The molecule has 278 valence electrons. The summed E-state index contributed by atoms with van der Waals surface area (Å²) in [4.78, 5) is 52.2. The molecule has 2 aromatic rings. The van der Waals surface area contributed by atoms with Crippen LogP contribution in [0.3, 0.4) is 0 Å². The first-order valence-electron chi connectivity index (χ1n) is 15.7. The minimum absolute atomic E-state index is 0.0291. The summed E-state index contributed by atoms with van der Waals surface area (Å²) in [6.45, 7) is -1.63. The van der Waals surface area contributed by atoms with E-state index in [1.807, 2.05) is 0 Å². The maximum absolute atomic E-state index is 15.9. The van der Waals surface area contributed by atoms with Gasteiger partial charge in [-0.25, -0.2) is 13.6 Å². The number of nitrogens with one attached hydrogen (secondary N) is 2. The van der Waals surface area contributed by atoms with Crippen LogP contribution in [0.15, 0.2) is 36.4 Å². The van der Waals surface area contributed by atoms with Crippen molar-refractivity contribution in [3.8, 4) is 0 Å². The number of carbonyl (C=O) groups is 4. The molecule has 5 unspecified atom stereocenters. The number of carbonyl (C=O) groups excluding carboxylic acids is 2. The van der Waals surface area contributed by atoms with E-state index >= 15 is 4.39 Å². The fraction of sp³-hybridized carbons (Fsp3) is 0.515. The number of hydrogen-bond acceptors (Lipinski definition) is 9. The van der Waals surface area contributed by atoms with Gasteiger partial charge in [0.2, 0.25) is 0 Å². The van der Waals surface area contributed by atoms with Gasteiger partial charge in [-0.2, -0.15) is 36.7 Å². The highest BCUT2D eigenvalue weighted by Crippen LogP contribution is 2.63. The molecule has 51 heavy (non-hydrogen) atoms. The Kier molecular flexibility index (Phi) is 11.9. The normalized spacial score (nSPS) is 26.8. The number of amides is 1. The third kappa shape index (κ3) is 7.15. The summed E-state index contributed by atoms with van der Waals surface area (Å²) in [5.41, 5.74) is -8.05. The van der Waals surface area contributed by atoms with E-state index in [2.05, 4.69) is 10.6 Å². The molecular weight excluding hydrogens is 747 g/mol. The van der Waals surface area contributed by atoms with E-state index in [0.29, 0.717) is 23.6 Å². The van der Waals surface area contributed by atoms with E-state index in [0.717, 1.165) is 6.92 Å². The Morgan fingerprint density at radius 3 is 2.18 bits per heavy atom. The molecule has 0 bridgehead atoms. The summed E-state index contributed by atoms with van der Waals surface area (Å²) >= 11 is 8.83. The predicted molar refractivity (Wildman–Crippen MR) is 179 cm³/mol. The highest BCUT2D eigenvalue weighted by molar-refractivity contribution is 8.00. The van der Waals surface area contributed by atoms with Gasteiger partial charge >= 0.3 is 24.1 Å². The molecule has 10 nitrogen and oxygen atoms in total. The first kappa shape index (κ1) is 39.1. The van der Waals surface area contributed by atoms with Crippen LogP contribution in [0.5, 0.6) is 0 Å². The van der Waals surface area contributed by atoms with Gasteiger partial charge in [0.15, 0.2) is 0 Å². The summed E-state index contributed by atoms with van der Waals surface area (Å²) in [6.07, 6.45) is -5.60. The predicted octanol–water partition coefficient (Wildman–Crippen LogP) is 5.14. The number of hydrogen-bond donors (Lipinski definition) is 4. The SMILES string of the molecule is CC1(C(=O)O)C(CF)NC(COCCNC(=O)c2ccccc2C(=O)OC2CSC2)C(C(=O)O)(C2CSC2)C1c1c(F)ccc(Cl)c1C(F)(F)F. The minimum atomic E-state index is -5.35. The van der Waals surface area contributed by atoms with E-state index in [9.17, 15) is 47.0 Å². The van der Waals surface area contributed by atoms with Crippen LogP contribution in [0, 0.1) is 22.6 Å². The zero-order valence-corrected chi connectivity index (χ0v) is 29.3. The average Bonchev–Trinajstić information content (AvgIpc) is 3.02. The molecule has 0 radical (unpaired) electrons. The number of alkyl halides is 4. The number of thioether (sulfide) groups is 2. The molecule has 18 heteroatoms. The van der Waals surface area contributed by atoms with Crippen molar-refractivity contribution in [2.24, 2.45) is 16.7 Å². The molecule has 5 rings (SSSR count). The Morgan fingerprint density at radius 1 is 1.00 bits per heavy atom. The molecule has 0 saturated carbocycles. The van der Waals surface area contributed by atoms with Crippen molar-refractivity contribution < 1.29 is 60.8 Å². The third-order valence-electron chi connectivity index (χ3n) is 9.88. The number of carboxylic acid groups (broad SMARTS) is 2. The average molecular weight is 781 g/mol. The van der Waals surface area contributed by atoms with Crippen LogP contribution in [0.2, 0.25) is 5.02 Å². The monoisotopic (exact) mass is 780 g/mol. The molecule has 3 saturated heterocycles. The van der Waals surface area contributed by atoms with E-state index in [4.69, 9.17) is 21.1 Å². The number of rotatable bonds is 13. The van der Waals surface area contributed by atoms with Crippen molar-refractivity contribution in [1.82, 2.24) is 10.6 Å². The van der Waals surface area contributed by atoms with E-state index in [1.54, 1.807) is 23.9 Å². The lowest BCUT2D eigenvalue weighted by molar-refractivity contribution is -0.182. The van der Waals surface area contributed by atoms with Crippen molar-refractivity contribution in [3.63, 3.8) is 0 Å². The van der Waals surface area contributed by atoms with Gasteiger partial charge in [-0.05, 0) is 48.6 Å². The summed E-state index contributed by atoms with van der Waals surface area (Å²) in [5.74, 6) is -8.28. The molecular formula is C33H34ClF5N2O8S2. The Labute approximate surface area is 302 Å². The lowest BCUT2D eigenvalue weighted by Gasteiger charge is -2.60. The summed E-state index contributed by atoms with van der Waals surface area (Å²) in [7, 11) is 0. The largest absolute Gasteiger partial charge is 0.481 e. The molecule has 3 aliphatic rings. The summed E-state index contributed by atoms with van der Waals surface area (Å²) in [6, 6.07) is 3.90. The maximum atomic E-state index is 15.9. The van der Waals surface area contributed by atoms with Gasteiger partial charge < -0.3 is 30.3 Å². The quantitative estimate of drug-likeness (QED) is 0.122. The Morgan fingerprint density at radius 2 is 1.65 bits per heavy atom. The molecule has 4 N–H and O–H groups in total. The first-order valence-corrected chi connectivity index (χ1v) is 18.4. The van der Waals surface area contributed by atoms with Gasteiger partial charge in [-0.1, -0.05) is 23.7 Å². The second-order valence-electron chi connectivity index (χ2n) is 12.7. The van der Waals surface area contributed by atoms with Crippen molar-refractivity contribution in [3.05, 3.63) is 69.5 Å². The van der Waals surface area contributed by atoms with Crippen LogP contribution >= 0.6 is 35.1 Å². The fourth-order valence-corrected chi connectivity index (χ4v) is 9.02. The standard InChI is InChI=1S/C33H34ClF5N2O8S2/c1-31(29(44)45)22(10-35)41-23(11-48-9-8-40-27(42)18-4-2-3-5-19(18)28(43)49-17-14-51-15-17)32(30(46)47,16-12-50-13-16)26(31)24-21(36)7-6-20(34)25(24)33(37,38)39/h2-7,16-17,22-23,26,41H,8-15H2,1H3,(H,40,42)(H,44,45)(H,46,47). The number of piperidine rings is 1. The van der Waals surface area contributed by atoms with Crippen molar-refractivity contribution in [1.29, 1.82) is 0 Å². The molecule has 3 fully saturated rings. The van der Waals surface area contributed by atoms with Gasteiger partial charge in [0.25, 0.3) is 5.91 Å². The highest BCUT2D eigenvalue weighted by Gasteiger charge is 2.71. The van der Waals surface area contributed by atoms with Crippen molar-refractivity contribution in [2.45, 2.75) is 37.2 Å². The second kappa shape index (κ2) is 15.5. The van der Waals surface area contributed by atoms with Crippen LogP contribution in [-0.4, -0.2) is 102 Å². The van der Waals surface area contributed by atoms with Crippen LogP contribution < -0.4 is 10.6 Å². The zero-order valence-electron chi connectivity index (χ0n) is 26.9. The van der Waals surface area contributed by atoms with Gasteiger partial charge in [-0.3, -0.25) is 14.4 Å². The number of aliphatic carboxylic acids is 2. The highest BCUT2D eigenvalue weighted by atomic mass is 35.5. The lowest BCUT2D eigenvalue weighted by atomic mass is 9.48. The number of ether oxygens (including phenoxy) is 2. The Balaban J connectivity index is 1.45. The van der Waals surface area contributed by atoms with Crippen LogP contribution in [0.1, 0.15) is 44.7 Å². The fourth-order valence-electron chi connectivity index (χ4n) is 7.16. The summed E-state index contributed by atoms with van der Waals surface area (Å²) in [5, 5.41) is 25.8. The Hall–Kier alpha value is -3.12. The van der Waals surface area contributed by atoms with Crippen molar-refractivity contribution in [2.75, 3.05) is 49.4 Å². The third-order valence-corrected chi connectivity index (χ3v) is 12.7. The molecule has 0 aliphatic carbocycles. The van der Waals surface area contributed by atoms with Gasteiger partial charge in [0.05, 0.1) is 51.8 Å². The van der Waals surface area contributed by atoms with E-state index in [-0.39, 0.29) is 41.9 Å². The van der Waals surface area contributed by atoms with Crippen molar-refractivity contribution >= 4 is 58.9 Å².